The van der Waals surface area contributed by atoms with Gasteiger partial charge in [-0.1, -0.05) is 45.6 Å². The normalized spacial score (nSPS) is 10.9. The Bertz CT molecular complexity index is 369. The third-order valence-electron chi connectivity index (χ3n) is 2.32. The second-order valence-electron chi connectivity index (χ2n) is 4.74. The molecule has 16 heavy (non-hydrogen) atoms. The highest BCUT2D eigenvalue weighted by molar-refractivity contribution is 5.85. The fourth-order valence-corrected chi connectivity index (χ4v) is 1.07. The van der Waals surface area contributed by atoms with Crippen LogP contribution in [0.15, 0.2) is 30.8 Å². The molecule has 0 aliphatic rings. The molecule has 0 fully saturated rings. The van der Waals surface area contributed by atoms with Crippen LogP contribution in [0.5, 0.6) is 5.75 Å². The lowest BCUT2D eigenvalue weighted by molar-refractivity contribution is -0.128. The smallest absolute Gasteiger partial charge is 0.175 e. The van der Waals surface area contributed by atoms with Crippen molar-refractivity contribution in [2.45, 2.75) is 20.8 Å². The quantitative estimate of drug-likeness (QED) is 0.775. The average molecular weight is 218 g/mol. The molecule has 1 rings (SSSR count). The minimum Gasteiger partial charge on any atom is -0.486 e. The highest BCUT2D eigenvalue weighted by Gasteiger charge is 2.21. The van der Waals surface area contributed by atoms with Crippen molar-refractivity contribution in [3.63, 3.8) is 0 Å². The summed E-state index contributed by atoms with van der Waals surface area (Å²) in [4.78, 5) is 11.6. The summed E-state index contributed by atoms with van der Waals surface area (Å²) >= 11 is 0. The van der Waals surface area contributed by atoms with E-state index in [2.05, 4.69) is 6.58 Å². The van der Waals surface area contributed by atoms with Crippen molar-refractivity contribution >= 4 is 11.9 Å². The Kier molecular flexibility index (Phi) is 3.88. The molecule has 1 aromatic rings. The predicted octanol–water partition coefficient (Wildman–Crippen LogP) is 3.32. The molecule has 0 bridgehead atoms. The van der Waals surface area contributed by atoms with Crippen molar-refractivity contribution < 1.29 is 9.53 Å². The van der Waals surface area contributed by atoms with Crippen LogP contribution in [-0.4, -0.2) is 12.4 Å². The Labute approximate surface area is 96.9 Å². The van der Waals surface area contributed by atoms with E-state index in [0.29, 0.717) is 5.75 Å². The van der Waals surface area contributed by atoms with E-state index in [1.807, 2.05) is 45.0 Å². The van der Waals surface area contributed by atoms with Crippen molar-refractivity contribution in [1.29, 1.82) is 0 Å². The molecule has 0 N–H and O–H groups in total. The number of rotatable bonds is 4. The number of hydrogen-bond acceptors (Lipinski definition) is 2. The SMILES string of the molecule is C=Cc1ccc(OCC(=O)C(C)(C)C)cc1. The van der Waals surface area contributed by atoms with Gasteiger partial charge in [-0.25, -0.2) is 0 Å². The van der Waals surface area contributed by atoms with Crippen LogP contribution in [0.25, 0.3) is 6.08 Å². The number of Topliss-reactive ketones (excluding diaryl/α,β-unsaturated/α-hetero) is 1. The van der Waals surface area contributed by atoms with Crippen LogP contribution in [0.1, 0.15) is 26.3 Å². The summed E-state index contributed by atoms with van der Waals surface area (Å²) in [5.41, 5.74) is 0.690. The molecule has 0 aromatic heterocycles. The number of ether oxygens (including phenoxy) is 1. The van der Waals surface area contributed by atoms with E-state index in [0.717, 1.165) is 5.56 Å². The highest BCUT2D eigenvalue weighted by Crippen LogP contribution is 2.17. The van der Waals surface area contributed by atoms with Gasteiger partial charge in [0, 0.05) is 5.41 Å². The van der Waals surface area contributed by atoms with Gasteiger partial charge in [0.05, 0.1) is 0 Å². The number of benzene rings is 1. The Morgan fingerprint density at radius 3 is 2.31 bits per heavy atom. The zero-order valence-corrected chi connectivity index (χ0v) is 10.1. The first kappa shape index (κ1) is 12.5. The minimum absolute atomic E-state index is 0.0975. The molecule has 0 amide bonds. The van der Waals surface area contributed by atoms with E-state index in [9.17, 15) is 4.79 Å². The third kappa shape index (κ3) is 3.54. The van der Waals surface area contributed by atoms with Crippen LogP contribution < -0.4 is 4.74 Å². The molecule has 2 heteroatoms. The average Bonchev–Trinajstić information content (AvgIpc) is 2.25. The van der Waals surface area contributed by atoms with Gasteiger partial charge in [0.1, 0.15) is 12.4 Å². The lowest BCUT2D eigenvalue weighted by Gasteiger charge is -2.16. The van der Waals surface area contributed by atoms with Crippen molar-refractivity contribution in [2.24, 2.45) is 5.41 Å². The molecule has 0 aliphatic heterocycles. The third-order valence-corrected chi connectivity index (χ3v) is 2.32. The molecule has 0 heterocycles. The lowest BCUT2D eigenvalue weighted by atomic mass is 9.91. The van der Waals surface area contributed by atoms with Crippen LogP contribution in [0.3, 0.4) is 0 Å². The van der Waals surface area contributed by atoms with Crippen LogP contribution in [0, 0.1) is 5.41 Å². The summed E-state index contributed by atoms with van der Waals surface area (Å²) in [6.07, 6.45) is 1.77. The molecule has 86 valence electrons. The van der Waals surface area contributed by atoms with Crippen molar-refractivity contribution in [3.8, 4) is 5.75 Å². The fourth-order valence-electron chi connectivity index (χ4n) is 1.07. The van der Waals surface area contributed by atoms with Crippen molar-refractivity contribution in [1.82, 2.24) is 0 Å². The molecule has 0 unspecified atom stereocenters. The maximum atomic E-state index is 11.6. The summed E-state index contributed by atoms with van der Waals surface area (Å²) in [5.74, 6) is 0.809. The van der Waals surface area contributed by atoms with Gasteiger partial charge >= 0.3 is 0 Å². The Morgan fingerprint density at radius 2 is 1.88 bits per heavy atom. The minimum atomic E-state index is -0.346. The van der Waals surface area contributed by atoms with Gasteiger partial charge in [0.15, 0.2) is 5.78 Å². The first-order valence-electron chi connectivity index (χ1n) is 5.32. The van der Waals surface area contributed by atoms with Crippen LogP contribution in [0.2, 0.25) is 0 Å². The van der Waals surface area contributed by atoms with Gasteiger partial charge < -0.3 is 4.74 Å². The van der Waals surface area contributed by atoms with E-state index in [1.54, 1.807) is 6.08 Å². The Balaban J connectivity index is 2.55. The fraction of sp³-hybridized carbons (Fsp3) is 0.357. The molecule has 0 saturated heterocycles. The standard InChI is InChI=1S/C14H18O2/c1-5-11-6-8-12(9-7-11)16-10-13(15)14(2,3)4/h5-9H,1,10H2,2-4H3. The van der Waals surface area contributed by atoms with Gasteiger partial charge in [-0.2, -0.15) is 0 Å². The molecular formula is C14H18O2. The van der Waals surface area contributed by atoms with Gasteiger partial charge in [0.2, 0.25) is 0 Å². The lowest BCUT2D eigenvalue weighted by Crippen LogP contribution is -2.26. The maximum absolute atomic E-state index is 11.6. The van der Waals surface area contributed by atoms with Crippen LogP contribution in [0.4, 0.5) is 0 Å². The highest BCUT2D eigenvalue weighted by atomic mass is 16.5. The van der Waals surface area contributed by atoms with Gasteiger partial charge in [0.25, 0.3) is 0 Å². The van der Waals surface area contributed by atoms with E-state index in [1.165, 1.54) is 0 Å². The molecule has 0 spiro atoms. The summed E-state index contributed by atoms with van der Waals surface area (Å²) in [6.45, 7) is 9.46. The largest absolute Gasteiger partial charge is 0.486 e. The first-order chi connectivity index (χ1) is 7.43. The molecule has 0 saturated carbocycles. The van der Waals surface area contributed by atoms with Gasteiger partial charge in [-0.3, -0.25) is 4.79 Å². The van der Waals surface area contributed by atoms with E-state index >= 15 is 0 Å². The molecule has 0 radical (unpaired) electrons. The van der Waals surface area contributed by atoms with E-state index in [-0.39, 0.29) is 17.8 Å². The van der Waals surface area contributed by atoms with E-state index in [4.69, 9.17) is 4.74 Å². The van der Waals surface area contributed by atoms with Crippen molar-refractivity contribution in [3.05, 3.63) is 36.4 Å². The van der Waals surface area contributed by atoms with E-state index < -0.39 is 0 Å². The number of ketones is 1. The predicted molar refractivity (Wildman–Crippen MR) is 66.5 cm³/mol. The number of hydrogen-bond donors (Lipinski definition) is 0. The zero-order chi connectivity index (χ0) is 12.2. The van der Waals surface area contributed by atoms with Crippen LogP contribution in [-0.2, 0) is 4.79 Å². The molecule has 1 aromatic carbocycles. The summed E-state index contributed by atoms with van der Waals surface area (Å²) in [6, 6.07) is 7.49. The first-order valence-corrected chi connectivity index (χ1v) is 5.32. The van der Waals surface area contributed by atoms with Crippen LogP contribution >= 0.6 is 0 Å². The van der Waals surface area contributed by atoms with Gasteiger partial charge in [-0.15, -0.1) is 0 Å². The second-order valence-corrected chi connectivity index (χ2v) is 4.74. The maximum Gasteiger partial charge on any atom is 0.175 e. The second kappa shape index (κ2) is 4.97. The molecule has 0 aliphatic carbocycles. The summed E-state index contributed by atoms with van der Waals surface area (Å²) in [7, 11) is 0. The molecule has 2 nitrogen and oxygen atoms in total. The van der Waals surface area contributed by atoms with Crippen molar-refractivity contribution in [2.75, 3.05) is 6.61 Å². The number of carbonyl (C=O) groups excluding carboxylic acids is 1. The number of carbonyl (C=O) groups is 1. The topological polar surface area (TPSA) is 26.3 Å². The Morgan fingerprint density at radius 1 is 1.31 bits per heavy atom. The van der Waals surface area contributed by atoms with Gasteiger partial charge in [-0.05, 0) is 17.7 Å². The monoisotopic (exact) mass is 218 g/mol. The molecule has 0 atom stereocenters. The zero-order valence-electron chi connectivity index (χ0n) is 10.1. The summed E-state index contributed by atoms with van der Waals surface area (Å²) in [5, 5.41) is 0. The Hall–Kier alpha value is -1.57. The molecular weight excluding hydrogens is 200 g/mol. The summed E-state index contributed by atoms with van der Waals surface area (Å²) < 4.78 is 5.41.